The molecule has 0 saturated carbocycles. The fourth-order valence-electron chi connectivity index (χ4n) is 3.11. The van der Waals surface area contributed by atoms with E-state index in [0.29, 0.717) is 32.9 Å². The van der Waals surface area contributed by atoms with Crippen molar-refractivity contribution in [1.29, 1.82) is 0 Å². The molecule has 20 heavy (non-hydrogen) atoms. The summed E-state index contributed by atoms with van der Waals surface area (Å²) in [5.41, 5.74) is -0.212. The first kappa shape index (κ1) is 14.0. The van der Waals surface area contributed by atoms with E-state index in [1.165, 1.54) is 16.8 Å². The molecule has 0 bridgehead atoms. The van der Waals surface area contributed by atoms with Crippen LogP contribution in [0.4, 0.5) is 0 Å². The maximum absolute atomic E-state index is 12.6. The highest BCUT2D eigenvalue weighted by atomic mass is 32.2. The molecule has 3 heterocycles. The van der Waals surface area contributed by atoms with Gasteiger partial charge in [0.2, 0.25) is 0 Å². The lowest BCUT2D eigenvalue weighted by molar-refractivity contribution is 0.0601. The minimum absolute atomic E-state index is 0.105. The molecule has 1 aromatic heterocycles. The summed E-state index contributed by atoms with van der Waals surface area (Å²) >= 11 is 0. The van der Waals surface area contributed by atoms with Crippen LogP contribution in [0.3, 0.4) is 0 Å². The number of aryl methyl sites for hydroxylation is 1. The average Bonchev–Trinajstić information content (AvgIpc) is 3.02. The summed E-state index contributed by atoms with van der Waals surface area (Å²) in [4.78, 5) is 3.97. The molecule has 2 saturated heterocycles. The second-order valence-corrected chi connectivity index (χ2v) is 7.57. The van der Waals surface area contributed by atoms with Crippen LogP contribution in [0.1, 0.15) is 0 Å². The number of methoxy groups -OCH3 is 1. The van der Waals surface area contributed by atoms with Gasteiger partial charge in [-0.3, -0.25) is 0 Å². The van der Waals surface area contributed by atoms with Gasteiger partial charge in [0.1, 0.15) is 0 Å². The molecular formula is C12H19N3O4S. The van der Waals surface area contributed by atoms with E-state index in [-0.39, 0.29) is 16.4 Å². The second kappa shape index (κ2) is 4.80. The normalized spacial score (nSPS) is 30.8. The van der Waals surface area contributed by atoms with E-state index in [1.807, 2.05) is 0 Å². The molecule has 2 aliphatic rings. The zero-order valence-corrected chi connectivity index (χ0v) is 12.5. The van der Waals surface area contributed by atoms with Crippen molar-refractivity contribution in [3.05, 3.63) is 12.5 Å². The SMILES string of the molecule is COC[C@]12COC[C@H]1CN(S(=O)(=O)c1cn(C)cn1)C2. The highest BCUT2D eigenvalue weighted by molar-refractivity contribution is 7.89. The predicted octanol–water partition coefficient (Wildman–Crippen LogP) is -0.296. The lowest BCUT2D eigenvalue weighted by Gasteiger charge is -2.25. The number of ether oxygens (including phenoxy) is 2. The van der Waals surface area contributed by atoms with Gasteiger partial charge < -0.3 is 14.0 Å². The molecule has 2 atom stereocenters. The molecule has 2 fully saturated rings. The zero-order valence-electron chi connectivity index (χ0n) is 11.7. The molecular weight excluding hydrogens is 282 g/mol. The van der Waals surface area contributed by atoms with E-state index < -0.39 is 10.0 Å². The quantitative estimate of drug-likeness (QED) is 0.763. The monoisotopic (exact) mass is 301 g/mol. The Morgan fingerprint density at radius 3 is 3.05 bits per heavy atom. The molecule has 3 rings (SSSR count). The van der Waals surface area contributed by atoms with E-state index in [0.717, 1.165) is 0 Å². The highest BCUT2D eigenvalue weighted by Crippen LogP contribution is 2.43. The Bertz CT molecular complexity index is 600. The minimum atomic E-state index is -3.53. The molecule has 0 radical (unpaired) electrons. The Kier molecular flexibility index (Phi) is 3.36. The summed E-state index contributed by atoms with van der Waals surface area (Å²) in [5.74, 6) is 0.195. The third-order valence-electron chi connectivity index (χ3n) is 4.21. The predicted molar refractivity (Wildman–Crippen MR) is 70.6 cm³/mol. The molecule has 1 aromatic rings. The molecule has 0 aromatic carbocycles. The van der Waals surface area contributed by atoms with Gasteiger partial charge >= 0.3 is 0 Å². The van der Waals surface area contributed by atoms with Crippen molar-refractivity contribution in [3.63, 3.8) is 0 Å². The van der Waals surface area contributed by atoms with Crippen molar-refractivity contribution in [2.75, 3.05) is 40.0 Å². The van der Waals surface area contributed by atoms with E-state index >= 15 is 0 Å². The first-order chi connectivity index (χ1) is 9.48. The summed E-state index contributed by atoms with van der Waals surface area (Å²) in [6, 6.07) is 0. The summed E-state index contributed by atoms with van der Waals surface area (Å²) in [6.45, 7) is 2.58. The number of fused-ring (bicyclic) bond motifs is 1. The molecule has 0 unspecified atom stereocenters. The van der Waals surface area contributed by atoms with Crippen LogP contribution in [0.2, 0.25) is 0 Å². The molecule has 0 amide bonds. The second-order valence-electron chi connectivity index (χ2n) is 5.68. The zero-order chi connectivity index (χ0) is 14.4. The molecule has 0 spiro atoms. The Labute approximate surface area is 118 Å². The van der Waals surface area contributed by atoms with Gasteiger partial charge in [0.15, 0.2) is 5.03 Å². The van der Waals surface area contributed by atoms with Crippen LogP contribution in [0.15, 0.2) is 17.6 Å². The number of hydrogen-bond acceptors (Lipinski definition) is 5. The molecule has 112 valence electrons. The van der Waals surface area contributed by atoms with E-state index in [1.54, 1.807) is 18.7 Å². The first-order valence-corrected chi connectivity index (χ1v) is 7.97. The topological polar surface area (TPSA) is 73.7 Å². The molecule has 0 N–H and O–H groups in total. The summed E-state index contributed by atoms with van der Waals surface area (Å²) in [5, 5.41) is 0.105. The van der Waals surface area contributed by atoms with Gasteiger partial charge in [-0.1, -0.05) is 0 Å². The van der Waals surface area contributed by atoms with Gasteiger partial charge in [0, 0.05) is 44.8 Å². The van der Waals surface area contributed by atoms with Crippen molar-refractivity contribution in [2.45, 2.75) is 5.03 Å². The summed E-state index contributed by atoms with van der Waals surface area (Å²) in [7, 11) is -0.132. The summed E-state index contributed by atoms with van der Waals surface area (Å²) in [6.07, 6.45) is 3.03. The number of rotatable bonds is 4. The fraction of sp³-hybridized carbons (Fsp3) is 0.750. The standard InChI is InChI=1S/C12H19N3O4S/c1-14-4-11(13-9-14)20(16,17)15-3-10-5-19-8-12(10,6-15)7-18-2/h4,9-10H,3,5-8H2,1-2H3/t10-,12-/m1/s1. The van der Waals surface area contributed by atoms with Gasteiger partial charge in [-0.2, -0.15) is 4.31 Å². The lowest BCUT2D eigenvalue weighted by Crippen LogP contribution is -2.37. The van der Waals surface area contributed by atoms with Crippen molar-refractivity contribution in [3.8, 4) is 0 Å². The Morgan fingerprint density at radius 2 is 2.40 bits per heavy atom. The molecule has 7 nitrogen and oxygen atoms in total. The van der Waals surface area contributed by atoms with Gasteiger partial charge in [-0.15, -0.1) is 0 Å². The number of aromatic nitrogens is 2. The molecule has 8 heteroatoms. The van der Waals surface area contributed by atoms with Crippen LogP contribution >= 0.6 is 0 Å². The van der Waals surface area contributed by atoms with Crippen molar-refractivity contribution >= 4 is 10.0 Å². The Balaban J connectivity index is 1.86. The highest BCUT2D eigenvalue weighted by Gasteiger charge is 2.53. The summed E-state index contributed by atoms with van der Waals surface area (Å²) < 4.78 is 39.1. The number of sulfonamides is 1. The van der Waals surface area contributed by atoms with Crippen LogP contribution in [0.5, 0.6) is 0 Å². The van der Waals surface area contributed by atoms with E-state index in [2.05, 4.69) is 4.98 Å². The maximum atomic E-state index is 12.6. The van der Waals surface area contributed by atoms with Gasteiger partial charge in [0.25, 0.3) is 10.0 Å². The third kappa shape index (κ3) is 2.07. The number of nitrogens with zero attached hydrogens (tertiary/aromatic N) is 3. The van der Waals surface area contributed by atoms with Crippen LogP contribution in [0, 0.1) is 11.3 Å². The van der Waals surface area contributed by atoms with Crippen LogP contribution in [-0.2, 0) is 26.5 Å². The van der Waals surface area contributed by atoms with Crippen LogP contribution in [-0.4, -0.2) is 62.3 Å². The average molecular weight is 301 g/mol. The Hall–Kier alpha value is -0.960. The fourth-order valence-corrected chi connectivity index (χ4v) is 4.66. The van der Waals surface area contributed by atoms with Gasteiger partial charge in [0.05, 0.1) is 26.1 Å². The first-order valence-electron chi connectivity index (χ1n) is 6.53. The molecule has 2 aliphatic heterocycles. The number of imidazole rings is 1. The van der Waals surface area contributed by atoms with Gasteiger partial charge in [-0.05, 0) is 0 Å². The van der Waals surface area contributed by atoms with Crippen molar-refractivity contribution in [2.24, 2.45) is 18.4 Å². The van der Waals surface area contributed by atoms with Crippen LogP contribution in [0.25, 0.3) is 0 Å². The maximum Gasteiger partial charge on any atom is 0.262 e. The van der Waals surface area contributed by atoms with E-state index in [9.17, 15) is 8.42 Å². The van der Waals surface area contributed by atoms with Crippen molar-refractivity contribution in [1.82, 2.24) is 13.9 Å². The van der Waals surface area contributed by atoms with Crippen LogP contribution < -0.4 is 0 Å². The minimum Gasteiger partial charge on any atom is -0.384 e. The smallest absolute Gasteiger partial charge is 0.262 e. The third-order valence-corrected chi connectivity index (χ3v) is 5.90. The largest absolute Gasteiger partial charge is 0.384 e. The van der Waals surface area contributed by atoms with Gasteiger partial charge in [-0.25, -0.2) is 13.4 Å². The lowest BCUT2D eigenvalue weighted by atomic mass is 9.82. The molecule has 0 aliphatic carbocycles. The number of hydrogen-bond donors (Lipinski definition) is 0. The van der Waals surface area contributed by atoms with E-state index in [4.69, 9.17) is 9.47 Å². The Morgan fingerprint density at radius 1 is 1.60 bits per heavy atom. The van der Waals surface area contributed by atoms with Crippen molar-refractivity contribution < 1.29 is 17.9 Å².